The minimum absolute atomic E-state index is 0.169. The Bertz CT molecular complexity index is 1490. The number of carboxylic acids is 1. The van der Waals surface area contributed by atoms with Crippen LogP contribution in [-0.2, 0) is 14.6 Å². The van der Waals surface area contributed by atoms with Crippen molar-refractivity contribution in [2.45, 2.75) is 4.90 Å². The average molecular weight is 652 g/mol. The Balaban J connectivity index is 1.81. The molecule has 14 heteroatoms. The molecule has 0 saturated heterocycles. The second-order valence-corrected chi connectivity index (χ2v) is 10.7. The number of rotatable bonds is 8. The van der Waals surface area contributed by atoms with Crippen LogP contribution >= 0.6 is 34.2 Å². The second kappa shape index (κ2) is 11.3. The molecule has 0 aliphatic heterocycles. The van der Waals surface area contributed by atoms with Crippen molar-refractivity contribution in [3.8, 4) is 0 Å². The lowest BCUT2D eigenvalue weighted by atomic mass is 10.1. The number of aromatic carboxylic acids is 1. The van der Waals surface area contributed by atoms with E-state index in [0.717, 1.165) is 6.07 Å². The van der Waals surface area contributed by atoms with Crippen LogP contribution in [0.4, 0.5) is 24.5 Å². The van der Waals surface area contributed by atoms with Gasteiger partial charge in [-0.3, -0.25) is 4.79 Å². The van der Waals surface area contributed by atoms with Gasteiger partial charge >= 0.3 is 5.97 Å². The quantitative estimate of drug-likeness (QED) is 0.184. The van der Waals surface area contributed by atoms with E-state index in [1.54, 1.807) is 0 Å². The second-order valence-electron chi connectivity index (χ2n) is 7.08. The molecule has 8 nitrogen and oxygen atoms in total. The summed E-state index contributed by atoms with van der Waals surface area (Å²) in [5, 5.41) is 15.4. The van der Waals surface area contributed by atoms with Crippen molar-refractivity contribution < 1.29 is 36.3 Å². The van der Waals surface area contributed by atoms with Crippen LogP contribution in [0.15, 0.2) is 58.5 Å². The normalized spacial score (nSPS) is 11.5. The van der Waals surface area contributed by atoms with Crippen LogP contribution in [0.5, 0.6) is 0 Å². The zero-order chi connectivity index (χ0) is 26.6. The van der Waals surface area contributed by atoms with Gasteiger partial charge in [-0.1, -0.05) is 11.6 Å². The van der Waals surface area contributed by atoms with E-state index >= 15 is 0 Å². The standard InChI is InChI=1S/C22H14ClF3IN3O5S/c23-12-1-4-14(5-2-12)36(34,35)10-18(31)30-28-9-11-7-15(22(32)33)21(20(26)19(11)25)29-17-6-3-13(27)8-16(17)24/h1-9,29H,10H2,(H,30,31)(H,32,33)/b28-9+. The number of halogens is 5. The fraction of sp³-hybridized carbons (Fsp3) is 0.0455. The number of carbonyl (C=O) groups excluding carboxylic acids is 1. The molecule has 0 aromatic heterocycles. The maximum Gasteiger partial charge on any atom is 0.337 e. The number of benzene rings is 3. The SMILES string of the molecule is O=C(CS(=O)(=O)c1ccc(Cl)cc1)N/N=C/c1cc(C(=O)O)c(Nc2ccc(I)cc2F)c(F)c1F. The lowest BCUT2D eigenvalue weighted by Gasteiger charge is -2.13. The highest BCUT2D eigenvalue weighted by Gasteiger charge is 2.23. The van der Waals surface area contributed by atoms with Crippen LogP contribution in [0, 0.1) is 21.0 Å². The van der Waals surface area contributed by atoms with Crippen molar-refractivity contribution in [2.75, 3.05) is 11.1 Å². The highest BCUT2D eigenvalue weighted by Crippen LogP contribution is 2.30. The molecule has 0 atom stereocenters. The highest BCUT2D eigenvalue weighted by atomic mass is 127. The Morgan fingerprint density at radius 3 is 2.33 bits per heavy atom. The van der Waals surface area contributed by atoms with E-state index in [1.165, 1.54) is 36.4 Å². The van der Waals surface area contributed by atoms with Crippen LogP contribution in [0.25, 0.3) is 0 Å². The fourth-order valence-electron chi connectivity index (χ4n) is 2.86. The Morgan fingerprint density at radius 2 is 1.72 bits per heavy atom. The third-order valence-electron chi connectivity index (χ3n) is 4.54. The summed E-state index contributed by atoms with van der Waals surface area (Å²) in [6, 6.07) is 9.58. The minimum Gasteiger partial charge on any atom is -0.478 e. The molecule has 0 heterocycles. The molecule has 0 spiro atoms. The Kier molecular flexibility index (Phi) is 8.58. The molecule has 3 aromatic rings. The van der Waals surface area contributed by atoms with E-state index in [9.17, 15) is 36.3 Å². The molecule has 0 saturated carbocycles. The number of carbonyl (C=O) groups is 2. The smallest absolute Gasteiger partial charge is 0.337 e. The van der Waals surface area contributed by atoms with E-state index in [1.807, 2.05) is 28.0 Å². The fourth-order valence-corrected chi connectivity index (χ4v) is 4.57. The largest absolute Gasteiger partial charge is 0.478 e. The van der Waals surface area contributed by atoms with Gasteiger partial charge in [0.05, 0.1) is 28.0 Å². The third kappa shape index (κ3) is 6.53. The van der Waals surface area contributed by atoms with E-state index in [-0.39, 0.29) is 10.6 Å². The first-order valence-electron chi connectivity index (χ1n) is 9.66. The molecular formula is C22H14ClF3IN3O5S. The van der Waals surface area contributed by atoms with Crippen molar-refractivity contribution >= 4 is 73.5 Å². The summed E-state index contributed by atoms with van der Waals surface area (Å²) in [7, 11) is -4.04. The molecule has 3 N–H and O–H groups in total. The van der Waals surface area contributed by atoms with Gasteiger partial charge in [0.1, 0.15) is 11.6 Å². The van der Waals surface area contributed by atoms with Crippen molar-refractivity contribution in [1.29, 1.82) is 0 Å². The van der Waals surface area contributed by atoms with Crippen LogP contribution in [0.1, 0.15) is 15.9 Å². The van der Waals surface area contributed by atoms with E-state index in [0.29, 0.717) is 20.9 Å². The summed E-state index contributed by atoms with van der Waals surface area (Å²) in [5.74, 6) is -7.75. The summed E-state index contributed by atoms with van der Waals surface area (Å²) in [4.78, 5) is 23.5. The Labute approximate surface area is 221 Å². The van der Waals surface area contributed by atoms with E-state index in [4.69, 9.17) is 11.6 Å². The molecule has 0 radical (unpaired) electrons. The van der Waals surface area contributed by atoms with Gasteiger partial charge in [-0.25, -0.2) is 31.8 Å². The first kappa shape index (κ1) is 27.4. The van der Waals surface area contributed by atoms with Crippen LogP contribution in [0.2, 0.25) is 5.02 Å². The minimum atomic E-state index is -4.04. The maximum absolute atomic E-state index is 14.7. The summed E-state index contributed by atoms with van der Waals surface area (Å²) < 4.78 is 68.5. The predicted octanol–water partition coefficient (Wildman–Crippen LogP) is 4.73. The molecule has 0 aliphatic carbocycles. The van der Waals surface area contributed by atoms with Crippen LogP contribution in [-0.4, -0.2) is 37.4 Å². The van der Waals surface area contributed by atoms with Gasteiger partial charge in [0.25, 0.3) is 5.91 Å². The third-order valence-corrected chi connectivity index (χ3v) is 7.10. The molecular weight excluding hydrogens is 638 g/mol. The lowest BCUT2D eigenvalue weighted by molar-refractivity contribution is -0.118. The molecule has 3 rings (SSSR count). The van der Waals surface area contributed by atoms with Crippen molar-refractivity contribution in [1.82, 2.24) is 5.43 Å². The summed E-state index contributed by atoms with van der Waals surface area (Å²) in [6.07, 6.45) is 0.604. The first-order chi connectivity index (χ1) is 16.9. The number of hydrazone groups is 1. The average Bonchev–Trinajstić information content (AvgIpc) is 2.79. The number of sulfone groups is 1. The summed E-state index contributed by atoms with van der Waals surface area (Å²) in [5.41, 5.74) is -0.668. The van der Waals surface area contributed by atoms with Gasteiger partial charge in [-0.05, 0) is 71.1 Å². The zero-order valence-corrected chi connectivity index (χ0v) is 21.5. The van der Waals surface area contributed by atoms with Crippen molar-refractivity contribution in [3.05, 3.63) is 85.7 Å². The van der Waals surface area contributed by atoms with Crippen molar-refractivity contribution in [2.24, 2.45) is 5.10 Å². The maximum atomic E-state index is 14.7. The number of nitrogens with zero attached hydrogens (tertiary/aromatic N) is 1. The Hall–Kier alpha value is -3.17. The molecule has 1 amide bonds. The molecule has 3 aromatic carbocycles. The number of anilines is 2. The lowest BCUT2D eigenvalue weighted by Crippen LogP contribution is -2.26. The first-order valence-corrected chi connectivity index (χ1v) is 12.8. The molecule has 36 heavy (non-hydrogen) atoms. The number of amides is 1. The molecule has 0 bridgehead atoms. The predicted molar refractivity (Wildman–Crippen MR) is 135 cm³/mol. The summed E-state index contributed by atoms with van der Waals surface area (Å²) in [6.45, 7) is 0. The van der Waals surface area contributed by atoms with Gasteiger partial charge in [0.15, 0.2) is 21.5 Å². The van der Waals surface area contributed by atoms with Gasteiger partial charge in [-0.15, -0.1) is 0 Å². The van der Waals surface area contributed by atoms with E-state index < -0.39 is 61.7 Å². The number of carboxylic acid groups (broad SMARTS) is 1. The van der Waals surface area contributed by atoms with Gasteiger partial charge in [-0.2, -0.15) is 5.10 Å². The molecule has 0 fully saturated rings. The highest BCUT2D eigenvalue weighted by molar-refractivity contribution is 14.1. The summed E-state index contributed by atoms with van der Waals surface area (Å²) >= 11 is 7.54. The number of nitrogens with one attached hydrogen (secondary N) is 2. The monoisotopic (exact) mass is 651 g/mol. The van der Waals surface area contributed by atoms with Crippen LogP contribution in [0.3, 0.4) is 0 Å². The Morgan fingerprint density at radius 1 is 1.06 bits per heavy atom. The molecule has 188 valence electrons. The van der Waals surface area contributed by atoms with Gasteiger partial charge in [0.2, 0.25) is 0 Å². The van der Waals surface area contributed by atoms with Gasteiger partial charge in [0, 0.05) is 14.2 Å². The van der Waals surface area contributed by atoms with Crippen LogP contribution < -0.4 is 10.7 Å². The van der Waals surface area contributed by atoms with Gasteiger partial charge < -0.3 is 10.4 Å². The molecule has 0 unspecified atom stereocenters. The van der Waals surface area contributed by atoms with Crippen molar-refractivity contribution in [3.63, 3.8) is 0 Å². The van der Waals surface area contributed by atoms with E-state index in [2.05, 4.69) is 10.4 Å². The topological polar surface area (TPSA) is 125 Å². The molecule has 0 aliphatic rings. The number of hydrogen-bond donors (Lipinski definition) is 3. The number of hydrogen-bond acceptors (Lipinski definition) is 6. The zero-order valence-electron chi connectivity index (χ0n) is 17.7.